The zero-order valence-corrected chi connectivity index (χ0v) is 14.6. The molecule has 2 bridgehead atoms. The molecule has 1 aromatic carbocycles. The number of fused-ring (bicyclic) bond motifs is 2. The van der Waals surface area contributed by atoms with E-state index in [2.05, 4.69) is 4.90 Å². The van der Waals surface area contributed by atoms with Gasteiger partial charge in [-0.05, 0) is 31.0 Å². The molecule has 3 aliphatic rings. The molecule has 1 N–H and O–H groups in total. The van der Waals surface area contributed by atoms with Crippen LogP contribution in [0, 0.1) is 11.8 Å². The molecule has 25 heavy (non-hydrogen) atoms. The molecular formula is C18H21ClN2O4. The van der Waals surface area contributed by atoms with Crippen LogP contribution in [0.1, 0.15) is 12.8 Å². The maximum Gasteiger partial charge on any atom is 0.310 e. The second-order valence-electron chi connectivity index (χ2n) is 6.97. The Kier molecular flexibility index (Phi) is 4.33. The molecule has 4 rings (SSSR count). The zero-order valence-electron chi connectivity index (χ0n) is 13.8. The molecule has 1 amide bonds. The molecular weight excluding hydrogens is 344 g/mol. The summed E-state index contributed by atoms with van der Waals surface area (Å²) >= 11 is 6.05. The first-order valence-electron chi connectivity index (χ1n) is 8.72. The Morgan fingerprint density at radius 3 is 2.40 bits per heavy atom. The van der Waals surface area contributed by atoms with Crippen molar-refractivity contribution in [2.24, 2.45) is 11.8 Å². The van der Waals surface area contributed by atoms with Crippen molar-refractivity contribution < 1.29 is 19.4 Å². The van der Waals surface area contributed by atoms with Crippen LogP contribution in [0.25, 0.3) is 0 Å². The van der Waals surface area contributed by atoms with Gasteiger partial charge in [0.05, 0.1) is 24.0 Å². The number of carboxylic acids is 1. The molecule has 3 heterocycles. The van der Waals surface area contributed by atoms with Gasteiger partial charge in [0.1, 0.15) is 0 Å². The molecule has 3 fully saturated rings. The minimum Gasteiger partial charge on any atom is -0.481 e. The van der Waals surface area contributed by atoms with E-state index in [-0.39, 0.29) is 18.1 Å². The third kappa shape index (κ3) is 2.98. The van der Waals surface area contributed by atoms with E-state index in [1.165, 1.54) is 0 Å². The summed E-state index contributed by atoms with van der Waals surface area (Å²) in [5.41, 5.74) is 1.05. The van der Waals surface area contributed by atoms with Crippen molar-refractivity contribution in [3.8, 4) is 0 Å². The number of halogens is 1. The minimum absolute atomic E-state index is 0.0645. The number of amides is 1. The highest BCUT2D eigenvalue weighted by Gasteiger charge is 2.56. The first kappa shape index (κ1) is 16.7. The molecule has 3 saturated heterocycles. The van der Waals surface area contributed by atoms with Crippen LogP contribution in [0.2, 0.25) is 5.02 Å². The van der Waals surface area contributed by atoms with Gasteiger partial charge >= 0.3 is 5.97 Å². The summed E-state index contributed by atoms with van der Waals surface area (Å²) in [6.45, 7) is 2.61. The van der Waals surface area contributed by atoms with Crippen LogP contribution >= 0.6 is 11.6 Å². The summed E-state index contributed by atoms with van der Waals surface area (Å²) in [6.07, 6.45) is 0.996. The van der Waals surface area contributed by atoms with E-state index < -0.39 is 17.8 Å². The number of aliphatic carboxylic acids is 1. The fraction of sp³-hybridized carbons (Fsp3) is 0.556. The topological polar surface area (TPSA) is 70.1 Å². The lowest BCUT2D eigenvalue weighted by Crippen LogP contribution is -2.53. The molecule has 0 spiro atoms. The van der Waals surface area contributed by atoms with Crippen molar-refractivity contribution in [2.45, 2.75) is 25.0 Å². The molecule has 3 aliphatic heterocycles. The van der Waals surface area contributed by atoms with Crippen LogP contribution in [-0.2, 0) is 14.3 Å². The highest BCUT2D eigenvalue weighted by molar-refractivity contribution is 6.30. The molecule has 134 valence electrons. The van der Waals surface area contributed by atoms with Gasteiger partial charge in [-0.25, -0.2) is 0 Å². The molecule has 0 radical (unpaired) electrons. The van der Waals surface area contributed by atoms with Gasteiger partial charge in [-0.2, -0.15) is 0 Å². The summed E-state index contributed by atoms with van der Waals surface area (Å²) in [7, 11) is 0. The number of carbonyl (C=O) groups excluding carboxylic acids is 1. The quantitative estimate of drug-likeness (QED) is 0.886. The lowest BCUT2D eigenvalue weighted by Gasteiger charge is -2.38. The first-order valence-corrected chi connectivity index (χ1v) is 9.10. The van der Waals surface area contributed by atoms with Crippen molar-refractivity contribution >= 4 is 29.2 Å². The lowest BCUT2D eigenvalue weighted by molar-refractivity contribution is -0.151. The maximum absolute atomic E-state index is 12.9. The number of ether oxygens (including phenoxy) is 1. The Balaban J connectivity index is 1.42. The average molecular weight is 365 g/mol. The second-order valence-corrected chi connectivity index (χ2v) is 7.41. The summed E-state index contributed by atoms with van der Waals surface area (Å²) in [6, 6.07) is 7.68. The smallest absolute Gasteiger partial charge is 0.310 e. The average Bonchev–Trinajstić information content (AvgIpc) is 3.22. The number of carboxylic acid groups (broad SMARTS) is 1. The molecule has 4 atom stereocenters. The first-order chi connectivity index (χ1) is 12.0. The van der Waals surface area contributed by atoms with E-state index in [9.17, 15) is 14.7 Å². The maximum atomic E-state index is 12.9. The van der Waals surface area contributed by atoms with E-state index in [0.29, 0.717) is 31.2 Å². The SMILES string of the molecule is O=C(O)[C@H]1[C@@H](C(=O)N2CCN(c3cccc(Cl)c3)CC2)[C@H]2CC[C@@H]1O2. The predicted molar refractivity (Wildman–Crippen MR) is 92.8 cm³/mol. The fourth-order valence-electron chi connectivity index (χ4n) is 4.37. The predicted octanol–water partition coefficient (Wildman–Crippen LogP) is 1.87. The van der Waals surface area contributed by atoms with E-state index in [0.717, 1.165) is 18.5 Å². The third-order valence-electron chi connectivity index (χ3n) is 5.61. The number of piperazine rings is 1. The zero-order chi connectivity index (χ0) is 17.6. The highest BCUT2D eigenvalue weighted by atomic mass is 35.5. The fourth-order valence-corrected chi connectivity index (χ4v) is 4.56. The number of hydrogen-bond donors (Lipinski definition) is 1. The number of carbonyl (C=O) groups is 2. The van der Waals surface area contributed by atoms with Crippen LogP contribution in [0.3, 0.4) is 0 Å². The molecule has 6 nitrogen and oxygen atoms in total. The molecule has 7 heteroatoms. The summed E-state index contributed by atoms with van der Waals surface area (Å²) in [5.74, 6) is -2.21. The molecule has 0 aromatic heterocycles. The van der Waals surface area contributed by atoms with Crippen LogP contribution in [0.5, 0.6) is 0 Å². The Morgan fingerprint density at radius 2 is 1.76 bits per heavy atom. The van der Waals surface area contributed by atoms with Gasteiger partial charge in [0, 0.05) is 36.9 Å². The summed E-state index contributed by atoms with van der Waals surface area (Å²) < 4.78 is 5.72. The van der Waals surface area contributed by atoms with E-state index >= 15 is 0 Å². The van der Waals surface area contributed by atoms with Crippen molar-refractivity contribution in [1.82, 2.24) is 4.90 Å². The Morgan fingerprint density at radius 1 is 1.08 bits per heavy atom. The molecule has 0 saturated carbocycles. The second kappa shape index (κ2) is 6.50. The van der Waals surface area contributed by atoms with Crippen molar-refractivity contribution in [3.05, 3.63) is 29.3 Å². The minimum atomic E-state index is -0.914. The van der Waals surface area contributed by atoms with E-state index in [1.807, 2.05) is 24.3 Å². The van der Waals surface area contributed by atoms with Gasteiger partial charge in [0.25, 0.3) is 0 Å². The van der Waals surface area contributed by atoms with Crippen molar-refractivity contribution in [2.75, 3.05) is 31.1 Å². The third-order valence-corrected chi connectivity index (χ3v) is 5.84. The highest BCUT2D eigenvalue weighted by Crippen LogP contribution is 2.44. The number of rotatable bonds is 3. The van der Waals surface area contributed by atoms with Crippen LogP contribution in [0.4, 0.5) is 5.69 Å². The Labute approximate surface area is 151 Å². The van der Waals surface area contributed by atoms with Crippen molar-refractivity contribution in [3.63, 3.8) is 0 Å². The lowest BCUT2D eigenvalue weighted by atomic mass is 9.78. The van der Waals surface area contributed by atoms with E-state index in [4.69, 9.17) is 16.3 Å². The van der Waals surface area contributed by atoms with Gasteiger partial charge in [0.2, 0.25) is 5.91 Å². The number of benzene rings is 1. The molecule has 0 unspecified atom stereocenters. The van der Waals surface area contributed by atoms with Crippen LogP contribution in [0.15, 0.2) is 24.3 Å². The largest absolute Gasteiger partial charge is 0.481 e. The standard InChI is InChI=1S/C18H21ClN2O4/c19-11-2-1-3-12(10-11)20-6-8-21(9-7-20)17(22)15-13-4-5-14(25-13)16(15)18(23)24/h1-3,10,13-16H,4-9H2,(H,23,24)/t13-,14+,15+,16-/m1/s1. The van der Waals surface area contributed by atoms with Crippen molar-refractivity contribution in [1.29, 1.82) is 0 Å². The Bertz CT molecular complexity index is 689. The number of anilines is 1. The van der Waals surface area contributed by atoms with E-state index in [1.54, 1.807) is 4.90 Å². The van der Waals surface area contributed by atoms with Crippen LogP contribution in [-0.4, -0.2) is 60.3 Å². The summed E-state index contributed by atoms with van der Waals surface area (Å²) in [5, 5.41) is 10.2. The number of hydrogen-bond acceptors (Lipinski definition) is 4. The van der Waals surface area contributed by atoms with Gasteiger partial charge in [-0.3, -0.25) is 9.59 Å². The molecule has 0 aliphatic carbocycles. The Hall–Kier alpha value is -1.79. The normalized spacial score (nSPS) is 31.4. The summed E-state index contributed by atoms with van der Waals surface area (Å²) in [4.78, 5) is 28.5. The van der Waals surface area contributed by atoms with Gasteiger partial charge < -0.3 is 19.6 Å². The number of nitrogens with zero attached hydrogens (tertiary/aromatic N) is 2. The van der Waals surface area contributed by atoms with Gasteiger partial charge in [0.15, 0.2) is 0 Å². The molecule has 1 aromatic rings. The monoisotopic (exact) mass is 364 g/mol. The van der Waals surface area contributed by atoms with Crippen LogP contribution < -0.4 is 4.90 Å². The van der Waals surface area contributed by atoms with Gasteiger partial charge in [-0.15, -0.1) is 0 Å². The van der Waals surface area contributed by atoms with Gasteiger partial charge in [-0.1, -0.05) is 17.7 Å².